The maximum Gasteiger partial charge on any atom is 0.252 e. The van der Waals surface area contributed by atoms with Gasteiger partial charge in [0.1, 0.15) is 0 Å². The Bertz CT molecular complexity index is 1030. The standard InChI is InChI=1S/C24H28N4O/c1-2-17-15-20(24(29)26-18-9-5-3-6-10-18)21-22(16-13-14-16)27-28(23(21)25-17)19-11-7-4-8-12-19/h4,7-8,11-12,15-16,18H,2-3,5-6,9-10,13-14H2,1H3,(H,26,29). The number of rotatable bonds is 5. The van der Waals surface area contributed by atoms with Gasteiger partial charge >= 0.3 is 0 Å². The molecule has 0 unspecified atom stereocenters. The van der Waals surface area contributed by atoms with Crippen LogP contribution in [-0.4, -0.2) is 26.7 Å². The molecule has 3 aromatic rings. The van der Waals surface area contributed by atoms with E-state index in [-0.39, 0.29) is 11.9 Å². The number of carbonyl (C=O) groups is 1. The van der Waals surface area contributed by atoms with Crippen LogP contribution in [0.3, 0.4) is 0 Å². The number of pyridine rings is 1. The topological polar surface area (TPSA) is 59.8 Å². The lowest BCUT2D eigenvalue weighted by molar-refractivity contribution is 0.0929. The zero-order chi connectivity index (χ0) is 19.8. The molecule has 0 spiro atoms. The van der Waals surface area contributed by atoms with Gasteiger partial charge in [-0.2, -0.15) is 5.10 Å². The van der Waals surface area contributed by atoms with Gasteiger partial charge in [-0.15, -0.1) is 0 Å². The summed E-state index contributed by atoms with van der Waals surface area (Å²) < 4.78 is 1.93. The Kier molecular flexibility index (Phi) is 4.82. The summed E-state index contributed by atoms with van der Waals surface area (Å²) in [5, 5.41) is 9.22. The molecular weight excluding hydrogens is 360 g/mol. The third-order valence-corrected chi connectivity index (χ3v) is 6.23. The monoisotopic (exact) mass is 388 g/mol. The van der Waals surface area contributed by atoms with Crippen molar-refractivity contribution >= 4 is 16.9 Å². The van der Waals surface area contributed by atoms with Crippen molar-refractivity contribution < 1.29 is 4.79 Å². The molecule has 1 aromatic carbocycles. The molecule has 150 valence electrons. The lowest BCUT2D eigenvalue weighted by atomic mass is 9.95. The van der Waals surface area contributed by atoms with Crippen LogP contribution in [0.4, 0.5) is 0 Å². The van der Waals surface area contributed by atoms with Crippen molar-refractivity contribution in [2.24, 2.45) is 0 Å². The molecule has 1 N–H and O–H groups in total. The molecule has 0 atom stereocenters. The normalized spacial score (nSPS) is 17.6. The number of hydrogen-bond acceptors (Lipinski definition) is 3. The first-order valence-electron chi connectivity index (χ1n) is 11.0. The number of para-hydroxylation sites is 1. The Morgan fingerprint density at radius 1 is 1.10 bits per heavy atom. The van der Waals surface area contributed by atoms with Crippen LogP contribution in [0.2, 0.25) is 0 Å². The van der Waals surface area contributed by atoms with Gasteiger partial charge in [-0.1, -0.05) is 44.4 Å². The lowest BCUT2D eigenvalue weighted by Crippen LogP contribution is -2.36. The summed E-state index contributed by atoms with van der Waals surface area (Å²) in [6.07, 6.45) is 8.92. The Balaban J connectivity index is 1.64. The predicted molar refractivity (Wildman–Crippen MR) is 115 cm³/mol. The summed E-state index contributed by atoms with van der Waals surface area (Å²) in [7, 11) is 0. The number of nitrogens with one attached hydrogen (secondary N) is 1. The van der Waals surface area contributed by atoms with Crippen LogP contribution in [-0.2, 0) is 6.42 Å². The maximum atomic E-state index is 13.4. The van der Waals surface area contributed by atoms with E-state index in [9.17, 15) is 4.79 Å². The highest BCUT2D eigenvalue weighted by atomic mass is 16.1. The SMILES string of the molecule is CCc1cc(C(=O)NC2CCCCC2)c2c(C3CC3)nn(-c3ccccc3)c2n1. The molecule has 5 heteroatoms. The zero-order valence-corrected chi connectivity index (χ0v) is 17.0. The van der Waals surface area contributed by atoms with Crippen LogP contribution in [0.25, 0.3) is 16.7 Å². The third kappa shape index (κ3) is 3.54. The van der Waals surface area contributed by atoms with Gasteiger partial charge in [-0.3, -0.25) is 4.79 Å². The summed E-state index contributed by atoms with van der Waals surface area (Å²) in [5.74, 6) is 0.478. The average molecular weight is 389 g/mol. The molecule has 5 nitrogen and oxygen atoms in total. The zero-order valence-electron chi connectivity index (χ0n) is 17.0. The molecule has 29 heavy (non-hydrogen) atoms. The van der Waals surface area contributed by atoms with E-state index in [0.717, 1.165) is 65.8 Å². The number of amides is 1. The number of benzene rings is 1. The van der Waals surface area contributed by atoms with Crippen molar-refractivity contribution in [2.45, 2.75) is 70.3 Å². The minimum atomic E-state index is 0.0357. The largest absolute Gasteiger partial charge is 0.349 e. The summed E-state index contributed by atoms with van der Waals surface area (Å²) in [6.45, 7) is 2.09. The number of fused-ring (bicyclic) bond motifs is 1. The van der Waals surface area contributed by atoms with E-state index in [1.165, 1.54) is 19.3 Å². The Labute approximate surface area is 171 Å². The van der Waals surface area contributed by atoms with E-state index in [2.05, 4.69) is 12.2 Å². The van der Waals surface area contributed by atoms with Gasteiger partial charge in [0.2, 0.25) is 0 Å². The van der Waals surface area contributed by atoms with Gasteiger partial charge in [0.15, 0.2) is 5.65 Å². The average Bonchev–Trinajstić information content (AvgIpc) is 3.54. The van der Waals surface area contributed by atoms with E-state index in [1.807, 2.05) is 41.1 Å². The molecule has 2 aromatic heterocycles. The third-order valence-electron chi connectivity index (χ3n) is 6.23. The van der Waals surface area contributed by atoms with E-state index in [1.54, 1.807) is 0 Å². The highest BCUT2D eigenvalue weighted by Crippen LogP contribution is 2.43. The van der Waals surface area contributed by atoms with Crippen molar-refractivity contribution in [2.75, 3.05) is 0 Å². The molecule has 2 saturated carbocycles. The number of hydrogen-bond donors (Lipinski definition) is 1. The minimum absolute atomic E-state index is 0.0357. The van der Waals surface area contributed by atoms with Gasteiger partial charge in [-0.05, 0) is 50.3 Å². The number of nitrogens with zero attached hydrogens (tertiary/aromatic N) is 3. The Hall–Kier alpha value is -2.69. The van der Waals surface area contributed by atoms with E-state index >= 15 is 0 Å². The number of carbonyl (C=O) groups excluding carboxylic acids is 1. The van der Waals surface area contributed by atoms with Crippen LogP contribution in [0.1, 0.15) is 79.5 Å². The van der Waals surface area contributed by atoms with Gasteiger partial charge in [0, 0.05) is 17.7 Å². The summed E-state index contributed by atoms with van der Waals surface area (Å²) >= 11 is 0. The quantitative estimate of drug-likeness (QED) is 0.675. The maximum absolute atomic E-state index is 13.4. The fraction of sp³-hybridized carbons (Fsp3) is 0.458. The predicted octanol–water partition coefficient (Wildman–Crippen LogP) is 4.92. The first-order chi connectivity index (χ1) is 14.2. The second-order valence-electron chi connectivity index (χ2n) is 8.43. The van der Waals surface area contributed by atoms with E-state index < -0.39 is 0 Å². The molecule has 5 rings (SSSR count). The number of aromatic nitrogens is 3. The first-order valence-corrected chi connectivity index (χ1v) is 11.0. The highest BCUT2D eigenvalue weighted by Gasteiger charge is 2.32. The van der Waals surface area contributed by atoms with E-state index in [0.29, 0.717) is 5.92 Å². The summed E-state index contributed by atoms with van der Waals surface area (Å²) in [4.78, 5) is 18.3. The van der Waals surface area contributed by atoms with Crippen LogP contribution in [0.15, 0.2) is 36.4 Å². The fourth-order valence-electron chi connectivity index (χ4n) is 4.46. The van der Waals surface area contributed by atoms with Crippen LogP contribution in [0, 0.1) is 0 Å². The van der Waals surface area contributed by atoms with Gasteiger partial charge in [-0.25, -0.2) is 9.67 Å². The first kappa shape index (κ1) is 18.3. The smallest absolute Gasteiger partial charge is 0.252 e. The second-order valence-corrected chi connectivity index (χ2v) is 8.43. The molecule has 1 amide bonds. The second kappa shape index (κ2) is 7.62. The van der Waals surface area contributed by atoms with Crippen molar-refractivity contribution in [3.8, 4) is 5.69 Å². The lowest BCUT2D eigenvalue weighted by Gasteiger charge is -2.23. The van der Waals surface area contributed by atoms with Crippen LogP contribution < -0.4 is 5.32 Å². The molecule has 2 aliphatic carbocycles. The van der Waals surface area contributed by atoms with Crippen molar-refractivity contribution in [1.29, 1.82) is 0 Å². The van der Waals surface area contributed by atoms with Gasteiger partial charge in [0.25, 0.3) is 5.91 Å². The summed E-state index contributed by atoms with van der Waals surface area (Å²) in [5.41, 5.74) is 4.52. The highest BCUT2D eigenvalue weighted by molar-refractivity contribution is 6.07. The van der Waals surface area contributed by atoms with Crippen molar-refractivity contribution in [3.63, 3.8) is 0 Å². The van der Waals surface area contributed by atoms with Crippen molar-refractivity contribution in [3.05, 3.63) is 53.3 Å². The van der Waals surface area contributed by atoms with Crippen LogP contribution in [0.5, 0.6) is 0 Å². The Morgan fingerprint density at radius 3 is 2.55 bits per heavy atom. The number of aryl methyl sites for hydroxylation is 1. The molecular formula is C24H28N4O. The molecule has 0 radical (unpaired) electrons. The Morgan fingerprint density at radius 2 is 1.86 bits per heavy atom. The fourth-order valence-corrected chi connectivity index (χ4v) is 4.46. The molecule has 0 aliphatic heterocycles. The minimum Gasteiger partial charge on any atom is -0.349 e. The molecule has 2 fully saturated rings. The summed E-state index contributed by atoms with van der Waals surface area (Å²) in [6, 6.07) is 12.4. The molecule has 2 heterocycles. The van der Waals surface area contributed by atoms with Crippen molar-refractivity contribution in [1.82, 2.24) is 20.1 Å². The van der Waals surface area contributed by atoms with Crippen LogP contribution >= 0.6 is 0 Å². The van der Waals surface area contributed by atoms with Gasteiger partial charge in [0.05, 0.1) is 22.3 Å². The molecule has 0 saturated heterocycles. The molecule has 2 aliphatic rings. The van der Waals surface area contributed by atoms with Gasteiger partial charge < -0.3 is 5.32 Å². The van der Waals surface area contributed by atoms with E-state index in [4.69, 9.17) is 10.1 Å². The molecule has 0 bridgehead atoms.